The molecule has 1 rings (SSSR count). The van der Waals surface area contributed by atoms with Gasteiger partial charge in [0.15, 0.2) is 6.10 Å². The highest BCUT2D eigenvalue weighted by Crippen LogP contribution is 2.31. The zero-order valence-electron chi connectivity index (χ0n) is 8.08. The SMILES string of the molecule is [B]C1OC(CC)C(O[P+](=O)[O-])C1OC. The molecule has 0 amide bonds. The smallest absolute Gasteiger partial charge is 0.488 e. The van der Waals surface area contributed by atoms with Gasteiger partial charge in [0.1, 0.15) is 14.0 Å². The summed E-state index contributed by atoms with van der Waals surface area (Å²) in [5, 5.41) is 0. The fourth-order valence-electron chi connectivity index (χ4n) is 1.58. The molecule has 1 saturated heterocycles. The zero-order chi connectivity index (χ0) is 10.7. The summed E-state index contributed by atoms with van der Waals surface area (Å²) in [5.74, 6) is 0. The van der Waals surface area contributed by atoms with Crippen LogP contribution >= 0.6 is 8.25 Å². The molecule has 1 aliphatic rings. The number of rotatable bonds is 4. The molecule has 0 aromatic heterocycles. The summed E-state index contributed by atoms with van der Waals surface area (Å²) in [5.41, 5.74) is 0. The van der Waals surface area contributed by atoms with E-state index >= 15 is 0 Å². The Bertz CT molecular complexity index is 214. The molecule has 0 aromatic carbocycles. The summed E-state index contributed by atoms with van der Waals surface area (Å²) in [7, 11) is 4.13. The van der Waals surface area contributed by atoms with Crippen LogP contribution in [0.4, 0.5) is 0 Å². The Morgan fingerprint density at radius 2 is 2.21 bits per heavy atom. The molecule has 0 N–H and O–H groups in total. The van der Waals surface area contributed by atoms with E-state index in [1.807, 2.05) is 6.92 Å². The van der Waals surface area contributed by atoms with Gasteiger partial charge < -0.3 is 14.4 Å². The summed E-state index contributed by atoms with van der Waals surface area (Å²) in [6.45, 7) is 1.86. The second-order valence-electron chi connectivity index (χ2n) is 3.04. The first-order valence-corrected chi connectivity index (χ1v) is 5.44. The van der Waals surface area contributed by atoms with Crippen molar-refractivity contribution in [3.05, 3.63) is 0 Å². The van der Waals surface area contributed by atoms with Crippen molar-refractivity contribution in [1.82, 2.24) is 0 Å². The normalized spacial score (nSPS) is 38.6. The maximum absolute atomic E-state index is 10.4. The van der Waals surface area contributed by atoms with Crippen LogP contribution < -0.4 is 4.89 Å². The molecule has 1 heterocycles. The van der Waals surface area contributed by atoms with Crippen molar-refractivity contribution >= 4 is 16.1 Å². The highest BCUT2D eigenvalue weighted by molar-refractivity contribution is 7.30. The number of ether oxygens (including phenoxy) is 2. The van der Waals surface area contributed by atoms with Gasteiger partial charge in [0.25, 0.3) is 0 Å². The molecular weight excluding hydrogens is 206 g/mol. The second kappa shape index (κ2) is 5.19. The van der Waals surface area contributed by atoms with Crippen LogP contribution in [0.5, 0.6) is 0 Å². The van der Waals surface area contributed by atoms with Gasteiger partial charge in [-0.15, -0.1) is 4.52 Å². The minimum absolute atomic E-state index is 0.331. The van der Waals surface area contributed by atoms with Crippen LogP contribution in [0.2, 0.25) is 0 Å². The predicted octanol–water partition coefficient (Wildman–Crippen LogP) is -0.292. The minimum Gasteiger partial charge on any atom is -0.566 e. The van der Waals surface area contributed by atoms with E-state index in [0.717, 1.165) is 0 Å². The monoisotopic (exact) mass is 218 g/mol. The average molecular weight is 218 g/mol. The van der Waals surface area contributed by atoms with Crippen molar-refractivity contribution in [2.45, 2.75) is 37.7 Å². The van der Waals surface area contributed by atoms with E-state index in [2.05, 4.69) is 0 Å². The fourth-order valence-corrected chi connectivity index (χ4v) is 2.03. The Hall–Kier alpha value is 0.00494. The first-order chi connectivity index (χ1) is 6.60. The van der Waals surface area contributed by atoms with E-state index in [-0.39, 0.29) is 6.10 Å². The molecule has 0 aliphatic carbocycles. The third-order valence-electron chi connectivity index (χ3n) is 2.23. The molecular formula is C7H12BO5P. The Kier molecular flexibility index (Phi) is 4.48. The topological polar surface area (TPSA) is 67.8 Å². The van der Waals surface area contributed by atoms with Crippen molar-refractivity contribution in [1.29, 1.82) is 0 Å². The largest absolute Gasteiger partial charge is 0.566 e. The molecule has 1 aliphatic heterocycles. The lowest BCUT2D eigenvalue weighted by Gasteiger charge is -2.16. The van der Waals surface area contributed by atoms with Crippen LogP contribution in [-0.4, -0.2) is 39.3 Å². The van der Waals surface area contributed by atoms with E-state index < -0.39 is 26.5 Å². The highest BCUT2D eigenvalue weighted by atomic mass is 31.1. The maximum Gasteiger partial charge on any atom is 0.488 e. The fraction of sp³-hybridized carbons (Fsp3) is 1.00. The average Bonchev–Trinajstić information content (AvgIpc) is 2.41. The van der Waals surface area contributed by atoms with Gasteiger partial charge in [0, 0.05) is 13.1 Å². The van der Waals surface area contributed by atoms with E-state index in [4.69, 9.17) is 21.8 Å². The van der Waals surface area contributed by atoms with Gasteiger partial charge in [0.2, 0.25) is 0 Å². The van der Waals surface area contributed by atoms with Gasteiger partial charge in [-0.2, -0.15) is 0 Å². The van der Waals surface area contributed by atoms with E-state index in [1.54, 1.807) is 0 Å². The van der Waals surface area contributed by atoms with E-state index in [1.165, 1.54) is 7.11 Å². The van der Waals surface area contributed by atoms with Crippen LogP contribution in [0.1, 0.15) is 13.3 Å². The van der Waals surface area contributed by atoms with Crippen molar-refractivity contribution in [2.75, 3.05) is 7.11 Å². The van der Waals surface area contributed by atoms with Crippen LogP contribution in [0.25, 0.3) is 0 Å². The van der Waals surface area contributed by atoms with Crippen LogP contribution in [0.15, 0.2) is 0 Å². The molecule has 5 nitrogen and oxygen atoms in total. The van der Waals surface area contributed by atoms with Crippen LogP contribution in [0.3, 0.4) is 0 Å². The Morgan fingerprint density at radius 1 is 1.57 bits per heavy atom. The summed E-state index contributed by atoms with van der Waals surface area (Å²) >= 11 is 0. The molecule has 1 fully saturated rings. The molecule has 2 radical (unpaired) electrons. The van der Waals surface area contributed by atoms with Gasteiger partial charge >= 0.3 is 8.25 Å². The molecule has 7 heteroatoms. The summed E-state index contributed by atoms with van der Waals surface area (Å²) in [6, 6.07) is -0.634. The van der Waals surface area contributed by atoms with Crippen molar-refractivity contribution in [3.63, 3.8) is 0 Å². The third kappa shape index (κ3) is 2.52. The van der Waals surface area contributed by atoms with Crippen molar-refractivity contribution < 1.29 is 23.5 Å². The van der Waals surface area contributed by atoms with Crippen LogP contribution in [-0.2, 0) is 18.6 Å². The summed E-state index contributed by atoms with van der Waals surface area (Å²) in [4.78, 5) is 10.4. The molecule has 0 spiro atoms. The van der Waals surface area contributed by atoms with Gasteiger partial charge in [-0.1, -0.05) is 6.92 Å². The quantitative estimate of drug-likeness (QED) is 0.478. The van der Waals surface area contributed by atoms with Gasteiger partial charge in [0.05, 0.1) is 6.10 Å². The van der Waals surface area contributed by atoms with E-state index in [0.29, 0.717) is 6.42 Å². The highest BCUT2D eigenvalue weighted by Gasteiger charge is 2.45. The van der Waals surface area contributed by atoms with Gasteiger partial charge in [-0.25, -0.2) is 0 Å². The minimum atomic E-state index is -2.91. The Labute approximate surface area is 85.1 Å². The van der Waals surface area contributed by atoms with E-state index in [9.17, 15) is 9.46 Å². The number of hydrogen-bond acceptors (Lipinski definition) is 5. The lowest BCUT2D eigenvalue weighted by Crippen LogP contribution is -2.36. The first kappa shape index (κ1) is 12.1. The molecule has 5 atom stereocenters. The zero-order valence-corrected chi connectivity index (χ0v) is 8.98. The molecule has 0 bridgehead atoms. The molecule has 78 valence electrons. The van der Waals surface area contributed by atoms with Gasteiger partial charge in [-0.05, 0) is 11.0 Å². The lowest BCUT2D eigenvalue weighted by molar-refractivity contribution is -0.193. The molecule has 5 unspecified atom stereocenters. The summed E-state index contributed by atoms with van der Waals surface area (Å²) < 4.78 is 25.5. The van der Waals surface area contributed by atoms with Crippen LogP contribution in [0, 0.1) is 0 Å². The number of hydrogen-bond donors (Lipinski definition) is 0. The van der Waals surface area contributed by atoms with Crippen molar-refractivity contribution in [2.24, 2.45) is 0 Å². The molecule has 14 heavy (non-hydrogen) atoms. The summed E-state index contributed by atoms with van der Waals surface area (Å²) in [6.07, 6.45) is -0.877. The number of methoxy groups -OCH3 is 1. The Balaban J connectivity index is 2.68. The molecule has 0 aromatic rings. The van der Waals surface area contributed by atoms with Crippen molar-refractivity contribution in [3.8, 4) is 0 Å². The Morgan fingerprint density at radius 3 is 2.64 bits per heavy atom. The third-order valence-corrected chi connectivity index (χ3v) is 2.64. The van der Waals surface area contributed by atoms with Gasteiger partial charge in [-0.3, -0.25) is 0 Å². The standard InChI is InChI=1S/C7H12BO5P/c1-3-4-5(13-14(9)10)6(11-2)7(8)12-4/h4-7H,3H2,1-2H3. The lowest BCUT2D eigenvalue weighted by atomic mass is 9.92. The second-order valence-corrected chi connectivity index (χ2v) is 3.70. The maximum atomic E-state index is 10.4. The first-order valence-electron chi connectivity index (χ1n) is 4.35. The predicted molar refractivity (Wildman–Crippen MR) is 48.0 cm³/mol. The molecule has 0 saturated carbocycles.